The molecule has 0 saturated carbocycles. The second kappa shape index (κ2) is 7.41. The summed E-state index contributed by atoms with van der Waals surface area (Å²) < 4.78 is 5.12. The average Bonchev–Trinajstić information content (AvgIpc) is 2.79. The molecule has 1 amide bonds. The molecule has 1 heterocycles. The molecule has 0 aromatic heterocycles. The fourth-order valence-corrected chi connectivity index (χ4v) is 2.66. The smallest absolute Gasteiger partial charge is 0.240 e. The third kappa shape index (κ3) is 4.05. The summed E-state index contributed by atoms with van der Waals surface area (Å²) in [5.74, 6) is 0.600. The molecule has 1 aliphatic rings. The van der Waals surface area contributed by atoms with Crippen molar-refractivity contribution >= 4 is 5.91 Å². The Balaban J connectivity index is 1.79. The summed E-state index contributed by atoms with van der Waals surface area (Å²) in [5.41, 5.74) is 1.29. The van der Waals surface area contributed by atoms with Gasteiger partial charge in [0.25, 0.3) is 0 Å². The predicted molar refractivity (Wildman–Crippen MR) is 79.3 cm³/mol. The van der Waals surface area contributed by atoms with E-state index in [0.29, 0.717) is 19.2 Å². The third-order valence-corrected chi connectivity index (χ3v) is 3.69. The number of methoxy groups -OCH3 is 1. The van der Waals surface area contributed by atoms with E-state index in [1.54, 1.807) is 7.11 Å². The molecule has 2 unspecified atom stereocenters. The summed E-state index contributed by atoms with van der Waals surface area (Å²) in [4.78, 5) is 14.2. The van der Waals surface area contributed by atoms with Crippen LogP contribution in [0.1, 0.15) is 18.9 Å². The predicted octanol–water partition coefficient (Wildman–Crippen LogP) is 1.66. The summed E-state index contributed by atoms with van der Waals surface area (Å²) >= 11 is 0. The van der Waals surface area contributed by atoms with Gasteiger partial charge in [0.1, 0.15) is 0 Å². The first-order valence-electron chi connectivity index (χ1n) is 7.25. The number of amides is 1. The van der Waals surface area contributed by atoms with E-state index in [1.165, 1.54) is 5.56 Å². The van der Waals surface area contributed by atoms with Crippen LogP contribution >= 0.6 is 0 Å². The van der Waals surface area contributed by atoms with E-state index in [0.717, 1.165) is 19.4 Å². The van der Waals surface area contributed by atoms with Gasteiger partial charge < -0.3 is 9.64 Å². The fraction of sp³-hybridized carbons (Fsp3) is 0.562. The Bertz CT molecular complexity index is 422. The summed E-state index contributed by atoms with van der Waals surface area (Å²) in [6, 6.07) is 10.3. The van der Waals surface area contributed by atoms with Crippen molar-refractivity contribution in [2.75, 3.05) is 26.9 Å². The van der Waals surface area contributed by atoms with Crippen LogP contribution in [0.15, 0.2) is 30.3 Å². The second-order valence-corrected chi connectivity index (χ2v) is 5.56. The van der Waals surface area contributed by atoms with Crippen LogP contribution in [0.25, 0.3) is 0 Å². The second-order valence-electron chi connectivity index (χ2n) is 5.56. The van der Waals surface area contributed by atoms with Crippen molar-refractivity contribution in [3.63, 3.8) is 0 Å². The topological polar surface area (TPSA) is 41.6 Å². The van der Waals surface area contributed by atoms with Crippen molar-refractivity contribution in [1.82, 2.24) is 10.2 Å². The normalized spacial score (nSPS) is 20.4. The van der Waals surface area contributed by atoms with Crippen LogP contribution < -0.4 is 5.32 Å². The Morgan fingerprint density at radius 3 is 2.85 bits per heavy atom. The van der Waals surface area contributed by atoms with E-state index in [2.05, 4.69) is 24.4 Å². The first kappa shape index (κ1) is 15.0. The number of nitrogens with one attached hydrogen (secondary N) is 1. The molecule has 4 nitrogen and oxygen atoms in total. The quantitative estimate of drug-likeness (QED) is 0.823. The minimum atomic E-state index is -0.0371. The number of nitrogens with zero attached hydrogens (tertiary/aromatic N) is 1. The number of benzene rings is 1. The third-order valence-electron chi connectivity index (χ3n) is 3.69. The highest BCUT2D eigenvalue weighted by atomic mass is 16.5. The van der Waals surface area contributed by atoms with Crippen LogP contribution in [0.5, 0.6) is 0 Å². The fourth-order valence-electron chi connectivity index (χ4n) is 2.66. The van der Waals surface area contributed by atoms with Crippen LogP contribution in [-0.4, -0.2) is 43.8 Å². The van der Waals surface area contributed by atoms with Gasteiger partial charge in [0, 0.05) is 13.7 Å². The molecular formula is C16H24N2O2. The van der Waals surface area contributed by atoms with Crippen molar-refractivity contribution in [3.05, 3.63) is 35.9 Å². The molecule has 2 atom stereocenters. The lowest BCUT2D eigenvalue weighted by atomic mass is 10.1. The number of ether oxygens (including phenoxy) is 1. The van der Waals surface area contributed by atoms with Gasteiger partial charge in [-0.1, -0.05) is 37.3 Å². The number of rotatable bonds is 7. The van der Waals surface area contributed by atoms with Crippen molar-refractivity contribution in [1.29, 1.82) is 0 Å². The standard InChI is InChI=1S/C16H24N2O2/c1-13(11-20-2)10-18-12-17-15(16(18)19)9-8-14-6-4-3-5-7-14/h3-7,13,15,17H,8-12H2,1-2H3. The number of aryl methyl sites for hydroxylation is 1. The molecule has 4 heteroatoms. The maximum atomic E-state index is 12.3. The zero-order chi connectivity index (χ0) is 14.4. The Labute approximate surface area is 121 Å². The van der Waals surface area contributed by atoms with E-state index in [9.17, 15) is 4.79 Å². The van der Waals surface area contributed by atoms with Crippen LogP contribution in [0.2, 0.25) is 0 Å². The highest BCUT2D eigenvalue weighted by Crippen LogP contribution is 2.13. The first-order chi connectivity index (χ1) is 9.70. The maximum absolute atomic E-state index is 12.3. The summed E-state index contributed by atoms with van der Waals surface area (Å²) in [7, 11) is 1.70. The molecular weight excluding hydrogens is 252 g/mol. The molecule has 1 saturated heterocycles. The van der Waals surface area contributed by atoms with E-state index in [4.69, 9.17) is 4.74 Å². The zero-order valence-electron chi connectivity index (χ0n) is 12.3. The number of hydrogen-bond acceptors (Lipinski definition) is 3. The molecule has 0 bridgehead atoms. The van der Waals surface area contributed by atoms with Crippen molar-refractivity contribution < 1.29 is 9.53 Å². The van der Waals surface area contributed by atoms with E-state index in [1.807, 2.05) is 23.1 Å². The summed E-state index contributed by atoms with van der Waals surface area (Å²) in [6.45, 7) is 4.22. The van der Waals surface area contributed by atoms with Gasteiger partial charge in [0.2, 0.25) is 5.91 Å². The van der Waals surface area contributed by atoms with Crippen molar-refractivity contribution in [2.45, 2.75) is 25.8 Å². The lowest BCUT2D eigenvalue weighted by Crippen LogP contribution is -2.34. The largest absolute Gasteiger partial charge is 0.384 e. The van der Waals surface area contributed by atoms with Crippen LogP contribution in [0, 0.1) is 5.92 Å². The maximum Gasteiger partial charge on any atom is 0.240 e. The highest BCUT2D eigenvalue weighted by Gasteiger charge is 2.31. The van der Waals surface area contributed by atoms with Crippen molar-refractivity contribution in [3.8, 4) is 0 Å². The van der Waals surface area contributed by atoms with Crippen LogP contribution in [-0.2, 0) is 16.0 Å². The molecule has 0 aliphatic carbocycles. The molecule has 0 spiro atoms. The van der Waals surface area contributed by atoms with Crippen LogP contribution in [0.3, 0.4) is 0 Å². The zero-order valence-corrected chi connectivity index (χ0v) is 12.3. The molecule has 1 aromatic carbocycles. The van der Waals surface area contributed by atoms with E-state index < -0.39 is 0 Å². The minimum absolute atomic E-state index is 0.0371. The summed E-state index contributed by atoms with van der Waals surface area (Å²) in [6.07, 6.45) is 1.80. The van der Waals surface area contributed by atoms with Gasteiger partial charge in [0.05, 0.1) is 19.3 Å². The lowest BCUT2D eigenvalue weighted by Gasteiger charge is -2.19. The van der Waals surface area contributed by atoms with Gasteiger partial charge in [0.15, 0.2) is 0 Å². The first-order valence-corrected chi connectivity index (χ1v) is 7.25. The monoisotopic (exact) mass is 276 g/mol. The molecule has 1 aliphatic heterocycles. The molecule has 0 radical (unpaired) electrons. The molecule has 110 valence electrons. The lowest BCUT2D eigenvalue weighted by molar-refractivity contribution is -0.129. The van der Waals surface area contributed by atoms with Gasteiger partial charge in [-0.15, -0.1) is 0 Å². The van der Waals surface area contributed by atoms with Crippen LogP contribution in [0.4, 0.5) is 0 Å². The molecule has 1 N–H and O–H groups in total. The SMILES string of the molecule is COCC(C)CN1CNC(CCc2ccccc2)C1=O. The Morgan fingerprint density at radius 2 is 2.15 bits per heavy atom. The molecule has 1 fully saturated rings. The number of carbonyl (C=O) groups is 1. The molecule has 2 rings (SSSR count). The van der Waals surface area contributed by atoms with Gasteiger partial charge in [-0.05, 0) is 24.3 Å². The van der Waals surface area contributed by atoms with E-state index in [-0.39, 0.29) is 11.9 Å². The van der Waals surface area contributed by atoms with Gasteiger partial charge >= 0.3 is 0 Å². The number of carbonyl (C=O) groups excluding carboxylic acids is 1. The Kier molecular flexibility index (Phi) is 5.56. The Hall–Kier alpha value is -1.39. The molecule has 20 heavy (non-hydrogen) atoms. The highest BCUT2D eigenvalue weighted by molar-refractivity contribution is 5.83. The van der Waals surface area contributed by atoms with E-state index >= 15 is 0 Å². The van der Waals surface area contributed by atoms with Crippen molar-refractivity contribution in [2.24, 2.45) is 5.92 Å². The van der Waals surface area contributed by atoms with Gasteiger partial charge in [-0.2, -0.15) is 0 Å². The van der Waals surface area contributed by atoms with Gasteiger partial charge in [-0.25, -0.2) is 0 Å². The van der Waals surface area contributed by atoms with Gasteiger partial charge in [-0.3, -0.25) is 10.1 Å². The Morgan fingerprint density at radius 1 is 1.40 bits per heavy atom. The molecule has 1 aromatic rings. The minimum Gasteiger partial charge on any atom is -0.384 e. The number of hydrogen-bond donors (Lipinski definition) is 1. The summed E-state index contributed by atoms with van der Waals surface area (Å²) in [5, 5.41) is 3.31. The average molecular weight is 276 g/mol.